The number of oxazole rings is 1. The van der Waals surface area contributed by atoms with Gasteiger partial charge in [0.05, 0.1) is 0 Å². The number of thiophene rings is 1. The van der Waals surface area contributed by atoms with Crippen LogP contribution in [0, 0.1) is 0 Å². The minimum Gasteiger partial charge on any atom is -0.436 e. The maximum Gasteiger partial charge on any atom is 0.227 e. The van der Waals surface area contributed by atoms with Crippen molar-refractivity contribution < 1.29 is 4.42 Å². The highest BCUT2D eigenvalue weighted by Crippen LogP contribution is 2.46. The first-order valence-corrected chi connectivity index (χ1v) is 18.6. The fourth-order valence-corrected chi connectivity index (χ4v) is 8.60. The maximum atomic E-state index is 6.28. The zero-order valence-electron chi connectivity index (χ0n) is 28.7. The molecule has 4 heteroatoms. The summed E-state index contributed by atoms with van der Waals surface area (Å²) in [6.07, 6.45) is 0. The molecule has 0 aliphatic rings. The molecule has 2 heterocycles. The Bertz CT molecular complexity index is 2860. The Kier molecular flexibility index (Phi) is 7.67. The summed E-state index contributed by atoms with van der Waals surface area (Å²) in [6.45, 7) is 0. The van der Waals surface area contributed by atoms with Gasteiger partial charge in [-0.15, -0.1) is 11.3 Å². The molecule has 0 atom stereocenters. The lowest BCUT2D eigenvalue weighted by atomic mass is 9.92. The zero-order valence-corrected chi connectivity index (χ0v) is 29.5. The van der Waals surface area contributed by atoms with Gasteiger partial charge >= 0.3 is 0 Å². The van der Waals surface area contributed by atoms with Crippen LogP contribution < -0.4 is 4.90 Å². The Morgan fingerprint density at radius 3 is 1.74 bits per heavy atom. The summed E-state index contributed by atoms with van der Waals surface area (Å²) in [4.78, 5) is 7.23. The minimum absolute atomic E-state index is 0.646. The number of aromatic nitrogens is 1. The molecule has 0 aliphatic carbocycles. The molecular formula is C49H32N2OS. The molecule has 2 aromatic heterocycles. The molecule has 0 spiro atoms. The molecule has 0 radical (unpaired) electrons. The standard InChI is InChI=1S/C49H32N2OS/c1-5-14-33(15-6-1)34-24-26-38(27-25-34)51(37-20-11-4-12-21-37)39-28-29-40(43(30-39)35-16-7-2-8-17-35)41-22-13-23-42-44-31-45-46(32-47(44)53-48(41)42)52-49(50-45)36-18-9-3-10-19-36/h1-32H. The normalized spacial score (nSPS) is 11.4. The molecule has 8 aromatic carbocycles. The highest BCUT2D eigenvalue weighted by molar-refractivity contribution is 7.26. The smallest absolute Gasteiger partial charge is 0.227 e. The van der Waals surface area contributed by atoms with Gasteiger partial charge in [-0.3, -0.25) is 0 Å². The van der Waals surface area contributed by atoms with Crippen LogP contribution in [0.15, 0.2) is 199 Å². The van der Waals surface area contributed by atoms with Gasteiger partial charge in [-0.25, -0.2) is 4.98 Å². The molecule has 53 heavy (non-hydrogen) atoms. The van der Waals surface area contributed by atoms with Gasteiger partial charge in [0.25, 0.3) is 0 Å². The van der Waals surface area contributed by atoms with E-state index in [1.807, 2.05) is 41.7 Å². The highest BCUT2D eigenvalue weighted by Gasteiger charge is 2.20. The van der Waals surface area contributed by atoms with E-state index in [0.717, 1.165) is 33.7 Å². The molecule has 0 bridgehead atoms. The van der Waals surface area contributed by atoms with Crippen LogP contribution in [0.4, 0.5) is 17.1 Å². The third-order valence-corrected chi connectivity index (χ3v) is 11.1. The van der Waals surface area contributed by atoms with E-state index < -0.39 is 0 Å². The van der Waals surface area contributed by atoms with Gasteiger partial charge < -0.3 is 9.32 Å². The number of para-hydroxylation sites is 1. The van der Waals surface area contributed by atoms with Crippen molar-refractivity contribution in [3.8, 4) is 44.8 Å². The third-order valence-electron chi connectivity index (χ3n) is 9.91. The molecule has 10 aromatic rings. The summed E-state index contributed by atoms with van der Waals surface area (Å²) in [5, 5.41) is 2.42. The van der Waals surface area contributed by atoms with Crippen LogP contribution in [0.5, 0.6) is 0 Å². The quantitative estimate of drug-likeness (QED) is 0.166. The SMILES string of the molecule is c1ccc(-c2ccc(N(c3ccccc3)c3ccc(-c4cccc5c4sc4cc6oc(-c7ccccc7)nc6cc45)c(-c4ccccc4)c3)cc2)cc1. The molecule has 0 N–H and O–H groups in total. The summed E-state index contributed by atoms with van der Waals surface area (Å²) in [6, 6.07) is 68.8. The lowest BCUT2D eigenvalue weighted by Gasteiger charge is -2.27. The summed E-state index contributed by atoms with van der Waals surface area (Å²) < 4.78 is 8.71. The molecule has 0 amide bonds. The summed E-state index contributed by atoms with van der Waals surface area (Å²) in [5.74, 6) is 0.646. The monoisotopic (exact) mass is 696 g/mol. The van der Waals surface area contributed by atoms with Gasteiger partial charge in [-0.1, -0.05) is 133 Å². The van der Waals surface area contributed by atoms with E-state index in [9.17, 15) is 0 Å². The summed E-state index contributed by atoms with van der Waals surface area (Å²) in [5.41, 5.74) is 13.1. The van der Waals surface area contributed by atoms with E-state index in [2.05, 4.69) is 169 Å². The number of benzene rings is 8. The van der Waals surface area contributed by atoms with Crippen LogP contribution >= 0.6 is 11.3 Å². The fourth-order valence-electron chi connectivity index (χ4n) is 7.36. The molecule has 10 rings (SSSR count). The molecule has 250 valence electrons. The van der Waals surface area contributed by atoms with E-state index in [4.69, 9.17) is 9.40 Å². The number of fused-ring (bicyclic) bond motifs is 4. The van der Waals surface area contributed by atoms with Crippen molar-refractivity contribution >= 4 is 59.7 Å². The first-order valence-electron chi connectivity index (χ1n) is 17.8. The van der Waals surface area contributed by atoms with Gasteiger partial charge in [0, 0.05) is 54.4 Å². The Balaban J connectivity index is 1.12. The summed E-state index contributed by atoms with van der Waals surface area (Å²) >= 11 is 1.81. The number of nitrogens with zero attached hydrogens (tertiary/aromatic N) is 2. The van der Waals surface area contributed by atoms with Crippen molar-refractivity contribution in [1.82, 2.24) is 4.98 Å². The molecule has 3 nitrogen and oxygen atoms in total. The van der Waals surface area contributed by atoms with Crippen LogP contribution in [-0.2, 0) is 0 Å². The van der Waals surface area contributed by atoms with Crippen LogP contribution in [0.1, 0.15) is 0 Å². The Morgan fingerprint density at radius 2 is 1.02 bits per heavy atom. The van der Waals surface area contributed by atoms with Crippen molar-refractivity contribution in [3.05, 3.63) is 194 Å². The van der Waals surface area contributed by atoms with E-state index >= 15 is 0 Å². The van der Waals surface area contributed by atoms with Crippen molar-refractivity contribution in [1.29, 1.82) is 0 Å². The van der Waals surface area contributed by atoms with E-state index in [1.54, 1.807) is 0 Å². The first-order chi connectivity index (χ1) is 26.3. The Labute approximate surface area is 311 Å². The Hall–Kier alpha value is -6.75. The number of rotatable bonds is 7. The van der Waals surface area contributed by atoms with E-state index in [-0.39, 0.29) is 0 Å². The second-order valence-electron chi connectivity index (χ2n) is 13.2. The molecule has 0 fully saturated rings. The maximum absolute atomic E-state index is 6.28. The molecule has 0 saturated carbocycles. The second kappa shape index (κ2) is 13.1. The van der Waals surface area contributed by atoms with E-state index in [1.165, 1.54) is 53.6 Å². The topological polar surface area (TPSA) is 29.3 Å². The molecular weight excluding hydrogens is 665 g/mol. The number of anilines is 3. The van der Waals surface area contributed by atoms with Crippen LogP contribution in [0.2, 0.25) is 0 Å². The van der Waals surface area contributed by atoms with Crippen molar-refractivity contribution in [3.63, 3.8) is 0 Å². The van der Waals surface area contributed by atoms with Crippen LogP contribution in [0.25, 0.3) is 76.1 Å². The van der Waals surface area contributed by atoms with Crippen molar-refractivity contribution in [2.45, 2.75) is 0 Å². The van der Waals surface area contributed by atoms with Gasteiger partial charge in [0.15, 0.2) is 5.58 Å². The average Bonchev–Trinajstić information content (AvgIpc) is 3.82. The summed E-state index contributed by atoms with van der Waals surface area (Å²) in [7, 11) is 0. The number of hydrogen-bond acceptors (Lipinski definition) is 4. The van der Waals surface area contributed by atoms with Crippen LogP contribution in [-0.4, -0.2) is 4.98 Å². The minimum atomic E-state index is 0.646. The lowest BCUT2D eigenvalue weighted by Crippen LogP contribution is -2.10. The predicted molar refractivity (Wildman–Crippen MR) is 223 cm³/mol. The molecule has 0 aliphatic heterocycles. The lowest BCUT2D eigenvalue weighted by molar-refractivity contribution is 0.620. The highest BCUT2D eigenvalue weighted by atomic mass is 32.1. The van der Waals surface area contributed by atoms with Crippen LogP contribution in [0.3, 0.4) is 0 Å². The second-order valence-corrected chi connectivity index (χ2v) is 14.2. The molecule has 0 unspecified atom stereocenters. The molecule has 0 saturated heterocycles. The van der Waals surface area contributed by atoms with Gasteiger partial charge in [0.2, 0.25) is 5.89 Å². The van der Waals surface area contributed by atoms with Gasteiger partial charge in [0.1, 0.15) is 5.52 Å². The van der Waals surface area contributed by atoms with Crippen molar-refractivity contribution in [2.24, 2.45) is 0 Å². The van der Waals surface area contributed by atoms with Gasteiger partial charge in [-0.05, 0) is 82.4 Å². The first kappa shape index (κ1) is 31.0. The zero-order chi connectivity index (χ0) is 35.1. The van der Waals surface area contributed by atoms with Gasteiger partial charge in [-0.2, -0.15) is 0 Å². The van der Waals surface area contributed by atoms with Crippen molar-refractivity contribution in [2.75, 3.05) is 4.90 Å². The number of hydrogen-bond donors (Lipinski definition) is 0. The third kappa shape index (κ3) is 5.66. The predicted octanol–water partition coefficient (Wildman–Crippen LogP) is 14.3. The van der Waals surface area contributed by atoms with E-state index in [0.29, 0.717) is 5.89 Å². The fraction of sp³-hybridized carbons (Fsp3) is 0. The Morgan fingerprint density at radius 1 is 0.415 bits per heavy atom. The average molecular weight is 697 g/mol. The largest absolute Gasteiger partial charge is 0.436 e.